The smallest absolute Gasteiger partial charge is 0.225 e. The molecule has 0 aliphatic heterocycles. The molecule has 0 aliphatic rings. The standard InChI is InChI=1S/C20H20N2OS/c1-14-7-9-16(10-8-14)24-12-11-20(23)22-19-13-15(2)21-18-6-4-3-5-17(18)19/h3-10,13H,11-12H2,1-2H3,(H,21,22,23). The van der Waals surface area contributed by atoms with Gasteiger partial charge in [0, 0.05) is 28.1 Å². The third-order valence-electron chi connectivity index (χ3n) is 3.74. The summed E-state index contributed by atoms with van der Waals surface area (Å²) < 4.78 is 0. The minimum Gasteiger partial charge on any atom is -0.325 e. The molecule has 2 aromatic carbocycles. The van der Waals surface area contributed by atoms with E-state index >= 15 is 0 Å². The van der Waals surface area contributed by atoms with Gasteiger partial charge in [0.15, 0.2) is 0 Å². The molecule has 1 heterocycles. The van der Waals surface area contributed by atoms with Crippen LogP contribution in [0.1, 0.15) is 17.7 Å². The summed E-state index contributed by atoms with van der Waals surface area (Å²) in [6.07, 6.45) is 0.480. The van der Waals surface area contributed by atoms with Gasteiger partial charge in [0.2, 0.25) is 5.91 Å². The van der Waals surface area contributed by atoms with Crippen LogP contribution in [0.5, 0.6) is 0 Å². The topological polar surface area (TPSA) is 42.0 Å². The second kappa shape index (κ2) is 7.49. The summed E-state index contributed by atoms with van der Waals surface area (Å²) in [7, 11) is 0. The summed E-state index contributed by atoms with van der Waals surface area (Å²) in [4.78, 5) is 18.0. The molecule has 3 aromatic rings. The monoisotopic (exact) mass is 336 g/mol. The molecule has 0 spiro atoms. The summed E-state index contributed by atoms with van der Waals surface area (Å²) in [5.74, 6) is 0.794. The number of pyridine rings is 1. The van der Waals surface area contributed by atoms with E-state index in [2.05, 4.69) is 41.5 Å². The van der Waals surface area contributed by atoms with E-state index < -0.39 is 0 Å². The number of nitrogens with zero attached hydrogens (tertiary/aromatic N) is 1. The molecule has 4 heteroatoms. The van der Waals surface area contributed by atoms with Crippen molar-refractivity contribution in [2.75, 3.05) is 11.1 Å². The number of nitrogens with one attached hydrogen (secondary N) is 1. The zero-order valence-electron chi connectivity index (χ0n) is 13.9. The first kappa shape index (κ1) is 16.5. The number of carbonyl (C=O) groups excluding carboxylic acids is 1. The molecule has 0 radical (unpaired) electrons. The lowest BCUT2D eigenvalue weighted by molar-refractivity contribution is -0.115. The lowest BCUT2D eigenvalue weighted by atomic mass is 10.1. The highest BCUT2D eigenvalue weighted by molar-refractivity contribution is 7.99. The Morgan fingerprint density at radius 2 is 1.83 bits per heavy atom. The first-order valence-electron chi connectivity index (χ1n) is 7.97. The van der Waals surface area contributed by atoms with E-state index in [9.17, 15) is 4.79 Å². The van der Waals surface area contributed by atoms with E-state index in [1.165, 1.54) is 10.5 Å². The third kappa shape index (κ3) is 4.15. The summed E-state index contributed by atoms with van der Waals surface area (Å²) in [5.41, 5.74) is 3.89. The number of anilines is 1. The lowest BCUT2D eigenvalue weighted by Gasteiger charge is -2.10. The summed E-state index contributed by atoms with van der Waals surface area (Å²) in [5, 5.41) is 4.00. The van der Waals surface area contributed by atoms with Gasteiger partial charge in [0.25, 0.3) is 0 Å². The van der Waals surface area contributed by atoms with Gasteiger partial charge in [0.1, 0.15) is 0 Å². The lowest BCUT2D eigenvalue weighted by Crippen LogP contribution is -2.12. The molecule has 0 saturated carbocycles. The Labute approximate surface area is 146 Å². The van der Waals surface area contributed by atoms with Gasteiger partial charge < -0.3 is 5.32 Å². The minimum absolute atomic E-state index is 0.0327. The van der Waals surface area contributed by atoms with Gasteiger partial charge in [-0.1, -0.05) is 35.9 Å². The highest BCUT2D eigenvalue weighted by Gasteiger charge is 2.08. The Bertz CT molecular complexity index is 859. The van der Waals surface area contributed by atoms with Crippen LogP contribution in [0.3, 0.4) is 0 Å². The van der Waals surface area contributed by atoms with Gasteiger partial charge in [-0.25, -0.2) is 0 Å². The van der Waals surface area contributed by atoms with Crippen LogP contribution < -0.4 is 5.32 Å². The maximum Gasteiger partial charge on any atom is 0.225 e. The Hall–Kier alpha value is -2.33. The van der Waals surface area contributed by atoms with E-state index in [1.54, 1.807) is 11.8 Å². The molecule has 3 rings (SSSR count). The number of amides is 1. The van der Waals surface area contributed by atoms with Gasteiger partial charge in [-0.05, 0) is 38.1 Å². The van der Waals surface area contributed by atoms with Gasteiger partial charge in [0.05, 0.1) is 11.2 Å². The SMILES string of the molecule is Cc1ccc(SCCC(=O)Nc2cc(C)nc3ccccc23)cc1. The van der Waals surface area contributed by atoms with Crippen molar-refractivity contribution in [1.29, 1.82) is 0 Å². The van der Waals surface area contributed by atoms with Crippen LogP contribution >= 0.6 is 11.8 Å². The van der Waals surface area contributed by atoms with Crippen molar-refractivity contribution in [3.63, 3.8) is 0 Å². The largest absolute Gasteiger partial charge is 0.325 e. The molecular formula is C20H20N2OS. The molecule has 0 saturated heterocycles. The van der Waals surface area contributed by atoms with E-state index in [1.807, 2.05) is 37.3 Å². The Balaban J connectivity index is 1.62. The molecule has 1 N–H and O–H groups in total. The number of benzene rings is 2. The van der Waals surface area contributed by atoms with E-state index in [4.69, 9.17) is 0 Å². The number of aromatic nitrogens is 1. The fourth-order valence-corrected chi connectivity index (χ4v) is 3.37. The molecule has 24 heavy (non-hydrogen) atoms. The molecule has 0 unspecified atom stereocenters. The molecule has 0 aliphatic carbocycles. The van der Waals surface area contributed by atoms with Crippen LogP contribution in [0.2, 0.25) is 0 Å². The molecule has 1 amide bonds. The Morgan fingerprint density at radius 1 is 1.08 bits per heavy atom. The number of para-hydroxylation sites is 1. The predicted molar refractivity (Wildman–Crippen MR) is 102 cm³/mol. The average Bonchev–Trinajstić information content (AvgIpc) is 2.56. The molecular weight excluding hydrogens is 316 g/mol. The van der Waals surface area contributed by atoms with Crippen LogP contribution in [0.4, 0.5) is 5.69 Å². The van der Waals surface area contributed by atoms with Gasteiger partial charge in [-0.3, -0.25) is 9.78 Å². The van der Waals surface area contributed by atoms with Crippen LogP contribution in [0, 0.1) is 13.8 Å². The number of rotatable bonds is 5. The average molecular weight is 336 g/mol. The number of aryl methyl sites for hydroxylation is 2. The normalized spacial score (nSPS) is 10.8. The van der Waals surface area contributed by atoms with Crippen molar-refractivity contribution < 1.29 is 4.79 Å². The highest BCUT2D eigenvalue weighted by atomic mass is 32.2. The van der Waals surface area contributed by atoms with Crippen molar-refractivity contribution in [3.8, 4) is 0 Å². The number of hydrogen-bond donors (Lipinski definition) is 1. The van der Waals surface area contributed by atoms with E-state index in [0.717, 1.165) is 28.0 Å². The van der Waals surface area contributed by atoms with Crippen molar-refractivity contribution in [2.24, 2.45) is 0 Å². The van der Waals surface area contributed by atoms with E-state index in [-0.39, 0.29) is 5.91 Å². The molecule has 122 valence electrons. The van der Waals surface area contributed by atoms with Crippen LogP contribution in [-0.2, 0) is 4.79 Å². The van der Waals surface area contributed by atoms with Crippen molar-refractivity contribution in [1.82, 2.24) is 4.98 Å². The molecule has 1 aromatic heterocycles. The highest BCUT2D eigenvalue weighted by Crippen LogP contribution is 2.24. The first-order valence-corrected chi connectivity index (χ1v) is 8.96. The number of fused-ring (bicyclic) bond motifs is 1. The maximum atomic E-state index is 12.3. The summed E-state index contributed by atoms with van der Waals surface area (Å²) in [6, 6.07) is 18.2. The maximum absolute atomic E-state index is 12.3. The summed E-state index contributed by atoms with van der Waals surface area (Å²) in [6.45, 7) is 4.01. The van der Waals surface area contributed by atoms with Crippen LogP contribution in [-0.4, -0.2) is 16.6 Å². The Morgan fingerprint density at radius 3 is 2.62 bits per heavy atom. The van der Waals surface area contributed by atoms with Gasteiger partial charge >= 0.3 is 0 Å². The Kier molecular flexibility index (Phi) is 5.16. The zero-order chi connectivity index (χ0) is 16.9. The second-order valence-electron chi connectivity index (χ2n) is 5.79. The zero-order valence-corrected chi connectivity index (χ0v) is 14.7. The summed E-state index contributed by atoms with van der Waals surface area (Å²) >= 11 is 1.70. The van der Waals surface area contributed by atoms with E-state index in [0.29, 0.717) is 6.42 Å². The molecule has 0 fully saturated rings. The molecule has 0 atom stereocenters. The van der Waals surface area contributed by atoms with Crippen molar-refractivity contribution in [3.05, 3.63) is 65.9 Å². The first-order chi connectivity index (χ1) is 11.6. The fourth-order valence-electron chi connectivity index (χ4n) is 2.52. The second-order valence-corrected chi connectivity index (χ2v) is 6.96. The van der Waals surface area contributed by atoms with Crippen molar-refractivity contribution in [2.45, 2.75) is 25.2 Å². The quantitative estimate of drug-likeness (QED) is 0.669. The molecule has 3 nitrogen and oxygen atoms in total. The fraction of sp³-hybridized carbons (Fsp3) is 0.200. The van der Waals surface area contributed by atoms with Gasteiger partial charge in [-0.15, -0.1) is 11.8 Å². The molecule has 0 bridgehead atoms. The van der Waals surface area contributed by atoms with Gasteiger partial charge in [-0.2, -0.15) is 0 Å². The predicted octanol–water partition coefficient (Wildman–Crippen LogP) is 4.97. The number of hydrogen-bond acceptors (Lipinski definition) is 3. The number of thioether (sulfide) groups is 1. The minimum atomic E-state index is 0.0327. The van der Waals surface area contributed by atoms with Crippen LogP contribution in [0.25, 0.3) is 10.9 Å². The van der Waals surface area contributed by atoms with Crippen LogP contribution in [0.15, 0.2) is 59.5 Å². The third-order valence-corrected chi connectivity index (χ3v) is 4.75. The number of carbonyl (C=O) groups is 1. The van der Waals surface area contributed by atoms with Crippen molar-refractivity contribution >= 4 is 34.3 Å².